The number of rotatable bonds is 13. The molecule has 1 aromatic carbocycles. The maximum atomic E-state index is 14.7. The van der Waals surface area contributed by atoms with Crippen LogP contribution in [-0.2, 0) is 11.2 Å². The molecule has 0 bridgehead atoms. The van der Waals surface area contributed by atoms with E-state index in [2.05, 4.69) is 33.8 Å². The summed E-state index contributed by atoms with van der Waals surface area (Å²) in [4.78, 5) is 10.8. The lowest BCUT2D eigenvalue weighted by Crippen LogP contribution is -2.19. The summed E-state index contributed by atoms with van der Waals surface area (Å²) in [5, 5.41) is 6.66. The normalized spacial score (nSPS) is 14.1. The van der Waals surface area contributed by atoms with Gasteiger partial charge in [-0.15, -0.1) is 0 Å². The molecule has 2 aromatic rings. The van der Waals surface area contributed by atoms with Crippen molar-refractivity contribution in [3.63, 3.8) is 0 Å². The van der Waals surface area contributed by atoms with Crippen molar-refractivity contribution in [2.45, 2.75) is 26.2 Å². The number of nitrogens with one attached hydrogen (secondary N) is 2. The van der Waals surface area contributed by atoms with Crippen molar-refractivity contribution in [2.75, 3.05) is 44.9 Å². The number of nitrogens with zero attached hydrogens (tertiary/aromatic N) is 3. The van der Waals surface area contributed by atoms with Gasteiger partial charge in [-0.3, -0.25) is 4.99 Å². The number of hydrogen-bond acceptors (Lipinski definition) is 6. The van der Waals surface area contributed by atoms with E-state index in [-0.39, 0.29) is 5.82 Å². The van der Waals surface area contributed by atoms with Crippen LogP contribution in [0.4, 0.5) is 15.9 Å². The van der Waals surface area contributed by atoms with Gasteiger partial charge in [0.2, 0.25) is 0 Å². The molecule has 0 aliphatic heterocycles. The maximum Gasteiger partial charge on any atom is 0.135 e. The minimum atomic E-state index is -0.327. The first-order chi connectivity index (χ1) is 16.8. The third-order valence-electron chi connectivity index (χ3n) is 5.75. The van der Waals surface area contributed by atoms with E-state index >= 15 is 0 Å². The summed E-state index contributed by atoms with van der Waals surface area (Å²) in [6.45, 7) is 11.5. The molecular formula is C28H36FN5O. The Labute approximate surface area is 208 Å². The van der Waals surface area contributed by atoms with E-state index in [1.54, 1.807) is 25.4 Å². The minimum absolute atomic E-state index is 0.327. The second kappa shape index (κ2) is 12.3. The van der Waals surface area contributed by atoms with Crippen LogP contribution in [0.25, 0.3) is 0 Å². The Morgan fingerprint density at radius 2 is 2.00 bits per heavy atom. The molecule has 0 radical (unpaired) electrons. The fourth-order valence-corrected chi connectivity index (χ4v) is 3.43. The molecule has 1 aliphatic rings. The van der Waals surface area contributed by atoms with Crippen molar-refractivity contribution in [3.05, 3.63) is 89.9 Å². The molecule has 2 N–H and O–H groups in total. The summed E-state index contributed by atoms with van der Waals surface area (Å²) < 4.78 is 20.7. The first kappa shape index (κ1) is 26.2. The summed E-state index contributed by atoms with van der Waals surface area (Å²) in [6.07, 6.45) is 6.62. The lowest BCUT2D eigenvalue weighted by Gasteiger charge is -2.18. The lowest BCUT2D eigenvalue weighted by molar-refractivity contribution is 0.191. The van der Waals surface area contributed by atoms with Crippen LogP contribution in [0.3, 0.4) is 0 Å². The van der Waals surface area contributed by atoms with Crippen LogP contribution in [0.1, 0.15) is 30.9 Å². The summed E-state index contributed by atoms with van der Waals surface area (Å²) in [5.74, 6) is 1.34. The summed E-state index contributed by atoms with van der Waals surface area (Å²) in [6, 6.07) is 8.86. The van der Waals surface area contributed by atoms with Crippen molar-refractivity contribution in [3.8, 4) is 0 Å². The molecule has 1 aliphatic carbocycles. The number of aliphatic imine (C=N–C) groups is 1. The first-order valence-corrected chi connectivity index (χ1v) is 11.9. The Morgan fingerprint density at radius 3 is 2.66 bits per heavy atom. The smallest absolute Gasteiger partial charge is 0.135 e. The molecule has 3 rings (SSSR count). The standard InChI is InChI=1S/C28H36FN5O/c1-7-21-8-11-25(29)24(16-21)27(30-4)18-26(20(3)35-15-14-34(5)6)33-23-12-13-31-28(17-23)32-19(2)22-9-10-22/h8,11-13,16-18,22H,2-3,7,9-10,14-15H2,1,4-6H3,(H2,31,32,33)/b26-18+,30-27?. The number of pyridine rings is 1. The van der Waals surface area contributed by atoms with Gasteiger partial charge in [-0.25, -0.2) is 9.37 Å². The van der Waals surface area contributed by atoms with Crippen molar-refractivity contribution >= 4 is 17.2 Å². The summed E-state index contributed by atoms with van der Waals surface area (Å²) in [5.41, 5.74) is 4.31. The highest BCUT2D eigenvalue weighted by molar-refractivity contribution is 6.09. The Balaban J connectivity index is 1.89. The quantitative estimate of drug-likeness (QED) is 0.223. The number of benzene rings is 1. The Bertz CT molecular complexity index is 1120. The molecule has 0 amide bonds. The number of likely N-dealkylation sites (N-methyl/N-ethyl adjacent to an activating group) is 1. The second-order valence-electron chi connectivity index (χ2n) is 8.89. The van der Waals surface area contributed by atoms with E-state index in [0.29, 0.717) is 41.1 Å². The van der Waals surface area contributed by atoms with Gasteiger partial charge >= 0.3 is 0 Å². The average molecular weight is 478 g/mol. The van der Waals surface area contributed by atoms with Crippen molar-refractivity contribution in [1.29, 1.82) is 0 Å². The number of aryl methyl sites for hydroxylation is 1. The van der Waals surface area contributed by atoms with Gasteiger partial charge in [-0.1, -0.05) is 26.1 Å². The van der Waals surface area contributed by atoms with E-state index in [1.807, 2.05) is 44.1 Å². The Hall–Kier alpha value is -3.45. The van der Waals surface area contributed by atoms with Crippen molar-refractivity contribution in [2.24, 2.45) is 10.9 Å². The predicted octanol–water partition coefficient (Wildman–Crippen LogP) is 5.63. The first-order valence-electron chi connectivity index (χ1n) is 11.9. The largest absolute Gasteiger partial charge is 0.491 e. The molecule has 0 saturated heterocycles. The highest BCUT2D eigenvalue weighted by atomic mass is 19.1. The zero-order valence-corrected chi connectivity index (χ0v) is 21.2. The van der Waals surface area contributed by atoms with Crippen molar-refractivity contribution < 1.29 is 9.13 Å². The van der Waals surface area contributed by atoms with Gasteiger partial charge in [-0.05, 0) is 69.1 Å². The Morgan fingerprint density at radius 1 is 1.23 bits per heavy atom. The van der Waals surface area contributed by atoms with Crippen molar-refractivity contribution in [1.82, 2.24) is 9.88 Å². The lowest BCUT2D eigenvalue weighted by atomic mass is 10.0. The zero-order valence-electron chi connectivity index (χ0n) is 21.2. The molecule has 1 saturated carbocycles. The molecule has 6 nitrogen and oxygen atoms in total. The molecule has 186 valence electrons. The van der Waals surface area contributed by atoms with E-state index in [1.165, 1.54) is 6.07 Å². The monoisotopic (exact) mass is 477 g/mol. The van der Waals surface area contributed by atoms with Gasteiger partial charge in [-0.2, -0.15) is 0 Å². The number of halogens is 1. The maximum absolute atomic E-state index is 14.7. The molecule has 35 heavy (non-hydrogen) atoms. The van der Waals surface area contributed by atoms with Crippen LogP contribution in [0.15, 0.2) is 77.9 Å². The number of anilines is 2. The average Bonchev–Trinajstić information content (AvgIpc) is 3.68. The van der Waals surface area contributed by atoms with Gasteiger partial charge < -0.3 is 20.3 Å². The molecule has 0 atom stereocenters. The van der Waals surface area contributed by atoms with Crippen LogP contribution in [0, 0.1) is 11.7 Å². The fourth-order valence-electron chi connectivity index (χ4n) is 3.43. The summed E-state index contributed by atoms with van der Waals surface area (Å²) >= 11 is 0. The number of ether oxygens (including phenoxy) is 1. The second-order valence-corrected chi connectivity index (χ2v) is 8.89. The molecule has 0 spiro atoms. The van der Waals surface area contributed by atoms with Crippen LogP contribution in [-0.4, -0.2) is 49.9 Å². The van der Waals surface area contributed by atoms with Crippen LogP contribution in [0.5, 0.6) is 0 Å². The van der Waals surface area contributed by atoms with E-state index in [9.17, 15) is 4.39 Å². The zero-order chi connectivity index (χ0) is 25.4. The Kier molecular flexibility index (Phi) is 9.20. The van der Waals surface area contributed by atoms with Gasteiger partial charge in [0.15, 0.2) is 0 Å². The van der Waals surface area contributed by atoms with Crippen LogP contribution in [0.2, 0.25) is 0 Å². The highest BCUT2D eigenvalue weighted by Crippen LogP contribution is 2.35. The molecule has 1 fully saturated rings. The SMILES string of the molecule is C=C(OCCN(C)C)/C(=C\C(=NC)c1cc(CC)ccc1F)Nc1ccnc(NC(=C)C2CC2)c1. The fraction of sp³-hybridized carbons (Fsp3) is 0.357. The molecule has 1 heterocycles. The van der Waals surface area contributed by atoms with E-state index in [4.69, 9.17) is 4.74 Å². The molecule has 1 aromatic heterocycles. The number of hydrogen-bond donors (Lipinski definition) is 2. The third-order valence-corrected chi connectivity index (χ3v) is 5.75. The van der Waals surface area contributed by atoms with E-state index < -0.39 is 0 Å². The van der Waals surface area contributed by atoms with Gasteiger partial charge in [0, 0.05) is 42.8 Å². The predicted molar refractivity (Wildman–Crippen MR) is 143 cm³/mol. The van der Waals surface area contributed by atoms with Gasteiger partial charge in [0.25, 0.3) is 0 Å². The molecule has 0 unspecified atom stereocenters. The highest BCUT2D eigenvalue weighted by Gasteiger charge is 2.24. The van der Waals surface area contributed by atoms with Gasteiger partial charge in [0.1, 0.15) is 24.0 Å². The number of aromatic nitrogens is 1. The number of allylic oxidation sites excluding steroid dienone is 2. The topological polar surface area (TPSA) is 61.8 Å². The third kappa shape index (κ3) is 7.79. The minimum Gasteiger partial charge on any atom is -0.491 e. The molecule has 7 heteroatoms. The van der Waals surface area contributed by atoms with Crippen LogP contribution >= 0.6 is 0 Å². The summed E-state index contributed by atoms with van der Waals surface area (Å²) in [7, 11) is 5.61. The van der Waals surface area contributed by atoms with Gasteiger partial charge in [0.05, 0.1) is 11.4 Å². The van der Waals surface area contributed by atoms with Crippen LogP contribution < -0.4 is 10.6 Å². The van der Waals surface area contributed by atoms with E-state index in [0.717, 1.165) is 42.8 Å². The molecular weight excluding hydrogens is 441 g/mol.